The molecule has 1 aromatic carbocycles. The van der Waals surface area contributed by atoms with E-state index in [1.807, 2.05) is 10.9 Å². The maximum atomic E-state index is 4.63. The van der Waals surface area contributed by atoms with E-state index in [1.54, 1.807) is 0 Å². The molecule has 6 heteroatoms. The number of nitrogens with one attached hydrogen (secondary N) is 1. The lowest BCUT2D eigenvalue weighted by atomic mass is 10.2. The molecule has 0 atom stereocenters. The topological polar surface area (TPSA) is 60.6 Å². The first kappa shape index (κ1) is 16.8. The molecule has 0 unspecified atom stereocenters. The Morgan fingerprint density at radius 2 is 2.00 bits per heavy atom. The zero-order valence-corrected chi connectivity index (χ0v) is 15.6. The summed E-state index contributed by atoms with van der Waals surface area (Å²) in [6.45, 7) is 6.00. The summed E-state index contributed by atoms with van der Waals surface area (Å²) in [5, 5.41) is 17.0. The van der Waals surface area contributed by atoms with Crippen molar-refractivity contribution < 1.29 is 0 Å². The predicted molar refractivity (Wildman–Crippen MR) is 103 cm³/mol. The highest BCUT2D eigenvalue weighted by Crippen LogP contribution is 2.23. The highest BCUT2D eigenvalue weighted by Gasteiger charge is 2.16. The van der Waals surface area contributed by atoms with Crippen molar-refractivity contribution in [1.29, 1.82) is 0 Å². The molecule has 0 saturated carbocycles. The number of aryl methyl sites for hydroxylation is 2. The number of aromatic nitrogens is 5. The Hall–Kier alpha value is -2.63. The number of benzene rings is 1. The lowest BCUT2D eigenvalue weighted by molar-refractivity contribution is 0.610. The Bertz CT molecular complexity index is 892. The van der Waals surface area contributed by atoms with Gasteiger partial charge in [-0.25, -0.2) is 4.68 Å². The van der Waals surface area contributed by atoms with Crippen LogP contribution in [0.4, 0.5) is 5.69 Å². The largest absolute Gasteiger partial charge is 0.375 e. The Kier molecular flexibility index (Phi) is 4.73. The van der Waals surface area contributed by atoms with Crippen molar-refractivity contribution in [1.82, 2.24) is 24.5 Å². The minimum Gasteiger partial charge on any atom is -0.375 e. The molecule has 0 amide bonds. The zero-order chi connectivity index (χ0) is 17.9. The molecule has 6 nitrogen and oxygen atoms in total. The van der Waals surface area contributed by atoms with E-state index in [9.17, 15) is 0 Å². The average Bonchev–Trinajstić information content (AvgIpc) is 3.16. The van der Waals surface area contributed by atoms with Crippen molar-refractivity contribution in [3.8, 4) is 5.69 Å². The molecule has 1 aliphatic rings. The van der Waals surface area contributed by atoms with E-state index < -0.39 is 0 Å². The third kappa shape index (κ3) is 3.11. The van der Waals surface area contributed by atoms with Crippen LogP contribution >= 0.6 is 0 Å². The van der Waals surface area contributed by atoms with Crippen molar-refractivity contribution in [3.63, 3.8) is 0 Å². The number of hydrogen-bond acceptors (Lipinski definition) is 4. The summed E-state index contributed by atoms with van der Waals surface area (Å²) < 4.78 is 4.33. The number of para-hydroxylation sites is 1. The molecule has 0 aliphatic carbocycles. The molecule has 136 valence electrons. The van der Waals surface area contributed by atoms with Crippen molar-refractivity contribution in [2.24, 2.45) is 0 Å². The van der Waals surface area contributed by atoms with Crippen LogP contribution in [0.2, 0.25) is 0 Å². The van der Waals surface area contributed by atoms with Crippen molar-refractivity contribution in [2.45, 2.75) is 59.0 Å². The van der Waals surface area contributed by atoms with Gasteiger partial charge in [0.2, 0.25) is 0 Å². The molecule has 3 aromatic rings. The molecule has 0 saturated heterocycles. The second-order valence-electron chi connectivity index (χ2n) is 6.91. The first-order chi connectivity index (χ1) is 12.8. The minimum atomic E-state index is 0.680. The monoisotopic (exact) mass is 350 g/mol. The summed E-state index contributed by atoms with van der Waals surface area (Å²) in [5.41, 5.74) is 4.62. The maximum absolute atomic E-state index is 4.63. The van der Waals surface area contributed by atoms with Crippen LogP contribution in [-0.4, -0.2) is 24.5 Å². The number of rotatable bonds is 5. The Morgan fingerprint density at radius 1 is 1.12 bits per heavy atom. The van der Waals surface area contributed by atoms with E-state index in [-0.39, 0.29) is 0 Å². The van der Waals surface area contributed by atoms with Crippen LogP contribution in [0.15, 0.2) is 30.5 Å². The van der Waals surface area contributed by atoms with Gasteiger partial charge < -0.3 is 9.88 Å². The summed E-state index contributed by atoms with van der Waals surface area (Å²) in [6.07, 6.45) is 7.58. The van der Waals surface area contributed by atoms with E-state index in [0.717, 1.165) is 42.4 Å². The summed E-state index contributed by atoms with van der Waals surface area (Å²) in [5.74, 6) is 2.15. The fraction of sp³-hybridized carbons (Fsp3) is 0.450. The Labute approximate surface area is 154 Å². The lowest BCUT2D eigenvalue weighted by Gasteiger charge is -2.12. The molecule has 3 heterocycles. The van der Waals surface area contributed by atoms with Crippen LogP contribution in [-0.2, 0) is 25.9 Å². The molecular formula is C20H26N6. The predicted octanol–water partition coefficient (Wildman–Crippen LogP) is 3.67. The molecule has 1 N–H and O–H groups in total. The fourth-order valence-corrected chi connectivity index (χ4v) is 3.72. The van der Waals surface area contributed by atoms with Gasteiger partial charge in [0, 0.05) is 13.0 Å². The van der Waals surface area contributed by atoms with Gasteiger partial charge in [0.1, 0.15) is 5.82 Å². The third-order valence-corrected chi connectivity index (χ3v) is 5.17. The van der Waals surface area contributed by atoms with Crippen LogP contribution in [0.25, 0.3) is 5.69 Å². The number of hydrogen-bond donors (Lipinski definition) is 1. The van der Waals surface area contributed by atoms with Gasteiger partial charge in [0.25, 0.3) is 0 Å². The lowest BCUT2D eigenvalue weighted by Crippen LogP contribution is -2.11. The van der Waals surface area contributed by atoms with Crippen molar-refractivity contribution >= 4 is 5.69 Å². The highest BCUT2D eigenvalue weighted by molar-refractivity contribution is 5.51. The molecule has 0 bridgehead atoms. The van der Waals surface area contributed by atoms with E-state index >= 15 is 0 Å². The minimum absolute atomic E-state index is 0.680. The van der Waals surface area contributed by atoms with E-state index in [4.69, 9.17) is 0 Å². The molecule has 0 radical (unpaired) electrons. The first-order valence-corrected chi connectivity index (χ1v) is 9.55. The normalized spacial score (nSPS) is 14.1. The van der Waals surface area contributed by atoms with Gasteiger partial charge in [-0.3, -0.25) is 0 Å². The molecule has 2 aromatic heterocycles. The first-order valence-electron chi connectivity index (χ1n) is 9.55. The molecule has 26 heavy (non-hydrogen) atoms. The standard InChI is InChI=1S/C20H26N6/c1-3-17-16(13-22-26(17)18-10-7-6-9-15(18)2)21-14-20-24-23-19-11-5-4-8-12-25(19)20/h6-7,9-10,13,21H,3-5,8,11-12,14H2,1-2H3. The molecule has 4 rings (SSSR count). The quantitative estimate of drug-likeness (QED) is 0.763. The molecule has 1 aliphatic heterocycles. The van der Waals surface area contributed by atoms with Crippen molar-refractivity contribution in [3.05, 3.63) is 53.4 Å². The molecular weight excluding hydrogens is 324 g/mol. The molecule has 0 fully saturated rings. The van der Waals surface area contributed by atoms with Crippen LogP contribution in [0.1, 0.15) is 49.1 Å². The number of nitrogens with zero attached hydrogens (tertiary/aromatic N) is 5. The van der Waals surface area contributed by atoms with E-state index in [0.29, 0.717) is 6.54 Å². The highest BCUT2D eigenvalue weighted by atomic mass is 15.3. The van der Waals surface area contributed by atoms with Gasteiger partial charge in [0.15, 0.2) is 5.82 Å². The number of anilines is 1. The zero-order valence-electron chi connectivity index (χ0n) is 15.6. The second kappa shape index (κ2) is 7.32. The Balaban J connectivity index is 1.57. The summed E-state index contributed by atoms with van der Waals surface area (Å²) >= 11 is 0. The molecule has 0 spiro atoms. The summed E-state index contributed by atoms with van der Waals surface area (Å²) in [7, 11) is 0. The van der Waals surface area contributed by atoms with Crippen LogP contribution in [0.5, 0.6) is 0 Å². The third-order valence-electron chi connectivity index (χ3n) is 5.17. The number of fused-ring (bicyclic) bond motifs is 1. The van der Waals surface area contributed by atoms with E-state index in [2.05, 4.69) is 63.3 Å². The van der Waals surface area contributed by atoms with Crippen LogP contribution in [0, 0.1) is 6.92 Å². The van der Waals surface area contributed by atoms with E-state index in [1.165, 1.54) is 30.5 Å². The van der Waals surface area contributed by atoms with Crippen LogP contribution in [0.3, 0.4) is 0 Å². The maximum Gasteiger partial charge on any atom is 0.152 e. The summed E-state index contributed by atoms with van der Waals surface area (Å²) in [4.78, 5) is 0. The van der Waals surface area contributed by atoms with Crippen molar-refractivity contribution in [2.75, 3.05) is 5.32 Å². The van der Waals surface area contributed by atoms with Gasteiger partial charge in [0.05, 0.1) is 29.8 Å². The van der Waals surface area contributed by atoms with Gasteiger partial charge in [-0.1, -0.05) is 31.5 Å². The second-order valence-corrected chi connectivity index (χ2v) is 6.91. The SMILES string of the molecule is CCc1c(NCc2nnc3n2CCCCC3)cnn1-c1ccccc1C. The Morgan fingerprint density at radius 3 is 2.85 bits per heavy atom. The van der Waals surface area contributed by atoms with Gasteiger partial charge in [-0.05, 0) is 37.8 Å². The summed E-state index contributed by atoms with van der Waals surface area (Å²) in [6, 6.07) is 8.35. The van der Waals surface area contributed by atoms with Gasteiger partial charge in [-0.15, -0.1) is 10.2 Å². The average molecular weight is 350 g/mol. The van der Waals surface area contributed by atoms with Crippen LogP contribution < -0.4 is 5.32 Å². The smallest absolute Gasteiger partial charge is 0.152 e. The van der Waals surface area contributed by atoms with Gasteiger partial charge in [-0.2, -0.15) is 5.10 Å². The van der Waals surface area contributed by atoms with Gasteiger partial charge >= 0.3 is 0 Å². The fourth-order valence-electron chi connectivity index (χ4n) is 3.72.